The number of rotatable bonds is 12. The molecule has 2 amide bonds. The van der Waals surface area contributed by atoms with Crippen LogP contribution in [0.2, 0.25) is 0 Å². The predicted molar refractivity (Wildman–Crippen MR) is 184 cm³/mol. The molecule has 0 aliphatic carbocycles. The zero-order valence-electron chi connectivity index (χ0n) is 26.3. The summed E-state index contributed by atoms with van der Waals surface area (Å²) in [6.07, 6.45) is 5.64. The molecule has 18 nitrogen and oxygen atoms in total. The molecule has 0 spiro atoms. The van der Waals surface area contributed by atoms with E-state index in [2.05, 4.69) is 25.4 Å². The summed E-state index contributed by atoms with van der Waals surface area (Å²) in [6.45, 7) is 3.19. The minimum absolute atomic E-state index is 0.0176. The van der Waals surface area contributed by atoms with Crippen molar-refractivity contribution in [1.82, 2.24) is 24.8 Å². The number of aliphatic carboxylic acids is 2. The number of nitrogens with one attached hydrogen (secondary N) is 1. The van der Waals surface area contributed by atoms with Crippen molar-refractivity contribution in [2.24, 2.45) is 21.6 Å². The first-order valence-electron chi connectivity index (χ1n) is 14.7. The van der Waals surface area contributed by atoms with Gasteiger partial charge in [-0.15, -0.1) is 34.4 Å². The minimum atomic E-state index is -1.78. The number of hydrogen-bond acceptors (Lipinski definition) is 13. The maximum atomic E-state index is 13.4. The molecule has 4 aromatic rings. The van der Waals surface area contributed by atoms with E-state index in [4.69, 9.17) is 22.0 Å². The summed E-state index contributed by atoms with van der Waals surface area (Å²) in [4.78, 5) is 69.5. The van der Waals surface area contributed by atoms with E-state index in [-0.39, 0.29) is 34.8 Å². The molecular weight excluding hydrogens is 711 g/mol. The number of guanidine groups is 1. The molecule has 2 atom stereocenters. The Kier molecular flexibility index (Phi) is 9.20. The first-order chi connectivity index (χ1) is 23.7. The van der Waals surface area contributed by atoms with E-state index in [9.17, 15) is 29.4 Å². The Morgan fingerprint density at radius 3 is 2.64 bits per heavy atom. The van der Waals surface area contributed by atoms with Gasteiger partial charge in [0.1, 0.15) is 22.8 Å². The monoisotopic (exact) mass is 740 g/mol. The number of carboxylic acid groups (broad SMARTS) is 2. The Morgan fingerprint density at radius 2 is 1.96 bits per heavy atom. The summed E-state index contributed by atoms with van der Waals surface area (Å²) in [7, 11) is 0. The number of thioether (sulfide) groups is 1. The standard InChI is InChI=1S/C29H29N11O7S3/c1-29(2,25(45)46)47-37-18(16-12-49-27(32)34-16)21(41)35-19-22(42)40-20(24(43)44)14(10-48-23(19)40)8-38-5-4-17-13(7-38)3-6-39(17)9-15-11-50-28(33-15)36-26(30)31/h3-7,11-12,19,23H,8-10H2,1-2H3,(H8-,30,31,32,33,34,35,36,41,43,44,45,46)/p+1/t19-,23-/m1/s1. The summed E-state index contributed by atoms with van der Waals surface area (Å²) in [5.41, 5.74) is 16.5. The van der Waals surface area contributed by atoms with Crippen molar-refractivity contribution < 1.29 is 38.8 Å². The number of thiazole rings is 2. The molecule has 2 aliphatic rings. The topological polar surface area (TPSA) is 271 Å². The van der Waals surface area contributed by atoms with Gasteiger partial charge in [0.25, 0.3) is 11.8 Å². The largest absolute Gasteiger partial charge is 0.478 e. The number of nitrogens with zero attached hydrogens (tertiary/aromatic N) is 7. The van der Waals surface area contributed by atoms with Gasteiger partial charge < -0.3 is 42.1 Å². The van der Waals surface area contributed by atoms with Gasteiger partial charge in [0.05, 0.1) is 23.1 Å². The number of nitrogen functional groups attached to an aromatic ring is 1. The van der Waals surface area contributed by atoms with E-state index in [0.717, 1.165) is 27.9 Å². The SMILES string of the molecule is CC(C)(ON=C(C(=O)N[C@@H]1C(=O)N2C(C(=O)O)=C(C[n+]3ccc4c(ccn4Cc4csc(N=C(N)N)n4)c3)CS[C@H]12)c1csc(N)n1)C(=O)O. The van der Waals surface area contributed by atoms with Gasteiger partial charge in [0.15, 0.2) is 35.7 Å². The van der Waals surface area contributed by atoms with E-state index in [1.165, 1.54) is 47.2 Å². The maximum absolute atomic E-state index is 13.4. The third-order valence-corrected chi connectivity index (χ3v) is 10.4. The predicted octanol–water partition coefficient (Wildman–Crippen LogP) is 0.400. The Balaban J connectivity index is 1.18. The van der Waals surface area contributed by atoms with Crippen LogP contribution < -0.4 is 27.1 Å². The number of fused-ring (bicyclic) bond motifs is 2. The van der Waals surface area contributed by atoms with Crippen molar-refractivity contribution in [3.8, 4) is 0 Å². The molecule has 9 N–H and O–H groups in total. The number of oxime groups is 1. The fraction of sp³-hybridized carbons (Fsp3) is 0.276. The van der Waals surface area contributed by atoms with Gasteiger partial charge in [0.2, 0.25) is 10.7 Å². The highest BCUT2D eigenvalue weighted by Gasteiger charge is 2.55. The highest BCUT2D eigenvalue weighted by atomic mass is 32.2. The van der Waals surface area contributed by atoms with Gasteiger partial charge in [-0.1, -0.05) is 5.16 Å². The molecule has 0 aromatic carbocycles. The van der Waals surface area contributed by atoms with E-state index < -0.39 is 46.5 Å². The Hall–Kier alpha value is -5.54. The summed E-state index contributed by atoms with van der Waals surface area (Å²) >= 11 is 3.65. The number of β-lactam (4-membered cyclic amide) rings is 1. The van der Waals surface area contributed by atoms with Crippen molar-refractivity contribution in [3.05, 3.63) is 64.1 Å². The van der Waals surface area contributed by atoms with Gasteiger partial charge >= 0.3 is 11.9 Å². The molecule has 0 unspecified atom stereocenters. The first-order valence-corrected chi connectivity index (χ1v) is 17.5. The number of hydrogen-bond donors (Lipinski definition) is 6. The van der Waals surface area contributed by atoms with Crippen molar-refractivity contribution in [2.45, 2.75) is 44.0 Å². The van der Waals surface area contributed by atoms with Crippen LogP contribution in [0.5, 0.6) is 0 Å². The van der Waals surface area contributed by atoms with Crippen LogP contribution in [0, 0.1) is 0 Å². The third-order valence-electron chi connectivity index (χ3n) is 7.63. The number of anilines is 1. The Morgan fingerprint density at radius 1 is 1.18 bits per heavy atom. The van der Waals surface area contributed by atoms with Gasteiger partial charge in [-0.05, 0) is 19.9 Å². The van der Waals surface area contributed by atoms with Crippen molar-refractivity contribution in [2.75, 3.05) is 11.5 Å². The molecule has 0 radical (unpaired) electrons. The second kappa shape index (κ2) is 13.4. The average molecular weight is 741 g/mol. The minimum Gasteiger partial charge on any atom is -0.478 e. The molecule has 6 rings (SSSR count). The number of pyridine rings is 1. The Bertz CT molecular complexity index is 2130. The zero-order valence-corrected chi connectivity index (χ0v) is 28.8. The van der Waals surface area contributed by atoms with Gasteiger partial charge in [0, 0.05) is 34.3 Å². The zero-order chi connectivity index (χ0) is 35.9. The van der Waals surface area contributed by atoms with Crippen LogP contribution in [0.1, 0.15) is 25.2 Å². The molecule has 0 bridgehead atoms. The number of amides is 2. The van der Waals surface area contributed by atoms with Gasteiger partial charge in [-0.25, -0.2) is 24.1 Å². The molecular formula is C29H30N11O7S3+. The lowest BCUT2D eigenvalue weighted by molar-refractivity contribution is -0.687. The summed E-state index contributed by atoms with van der Waals surface area (Å²) in [6, 6.07) is 2.76. The van der Waals surface area contributed by atoms with Crippen LogP contribution in [-0.4, -0.2) is 87.8 Å². The molecule has 1 fully saturated rings. The third kappa shape index (κ3) is 6.82. The fourth-order valence-electron chi connectivity index (χ4n) is 5.17. The van der Waals surface area contributed by atoms with Crippen molar-refractivity contribution in [1.29, 1.82) is 0 Å². The van der Waals surface area contributed by atoms with Crippen LogP contribution in [0.15, 0.2) is 62.9 Å². The maximum Gasteiger partial charge on any atom is 0.352 e. The number of aromatic nitrogens is 4. The number of aliphatic imine (C=N–C) groups is 1. The lowest BCUT2D eigenvalue weighted by Gasteiger charge is -2.49. The number of carbonyl (C=O) groups excluding carboxylic acids is 2. The number of nitrogens with two attached hydrogens (primary N) is 3. The smallest absolute Gasteiger partial charge is 0.352 e. The summed E-state index contributed by atoms with van der Waals surface area (Å²) < 4.78 is 3.86. The van der Waals surface area contributed by atoms with E-state index in [0.29, 0.717) is 17.2 Å². The normalized spacial score (nSPS) is 17.7. The molecule has 21 heteroatoms. The fourth-order valence-corrected chi connectivity index (χ4v) is 7.75. The van der Waals surface area contributed by atoms with E-state index >= 15 is 0 Å². The molecule has 4 aromatic heterocycles. The molecule has 1 saturated heterocycles. The Labute approximate surface area is 294 Å². The quantitative estimate of drug-likeness (QED) is 0.0378. The van der Waals surface area contributed by atoms with E-state index in [1.807, 2.05) is 45.2 Å². The van der Waals surface area contributed by atoms with Crippen molar-refractivity contribution in [3.63, 3.8) is 0 Å². The van der Waals surface area contributed by atoms with Gasteiger partial charge in [-0.2, -0.15) is 4.99 Å². The first kappa shape index (κ1) is 34.3. The molecule has 0 saturated carbocycles. The molecule has 260 valence electrons. The second-order valence-electron chi connectivity index (χ2n) is 11.6. The molecule has 6 heterocycles. The number of carbonyl (C=O) groups is 4. The second-order valence-corrected chi connectivity index (χ2v) is 14.4. The lowest BCUT2D eigenvalue weighted by atomic mass is 10.0. The molecule has 50 heavy (non-hydrogen) atoms. The number of carboxylic acids is 2. The van der Waals surface area contributed by atoms with Crippen LogP contribution in [0.3, 0.4) is 0 Å². The van der Waals surface area contributed by atoms with Crippen LogP contribution in [-0.2, 0) is 37.1 Å². The van der Waals surface area contributed by atoms with Crippen molar-refractivity contribution >= 4 is 91.0 Å². The average Bonchev–Trinajstić information content (AvgIpc) is 3.79. The highest BCUT2D eigenvalue weighted by molar-refractivity contribution is 8.00. The summed E-state index contributed by atoms with van der Waals surface area (Å²) in [5, 5.41) is 30.0. The summed E-state index contributed by atoms with van der Waals surface area (Å²) in [5.74, 6) is -3.89. The van der Waals surface area contributed by atoms with Crippen LogP contribution in [0.4, 0.5) is 10.3 Å². The highest BCUT2D eigenvalue weighted by Crippen LogP contribution is 2.40. The van der Waals surface area contributed by atoms with Crippen LogP contribution >= 0.6 is 34.4 Å². The van der Waals surface area contributed by atoms with Gasteiger partial charge in [-0.3, -0.25) is 14.5 Å². The molecule has 2 aliphatic heterocycles. The van der Waals surface area contributed by atoms with E-state index in [1.54, 1.807) is 0 Å². The lowest BCUT2D eigenvalue weighted by Crippen LogP contribution is -2.71. The van der Waals surface area contributed by atoms with Crippen LogP contribution in [0.25, 0.3) is 10.9 Å².